The van der Waals surface area contributed by atoms with Crippen molar-refractivity contribution in [3.05, 3.63) is 24.3 Å². The van der Waals surface area contributed by atoms with Crippen LogP contribution in [0.1, 0.15) is 39.5 Å². The molecule has 0 spiro atoms. The predicted octanol–water partition coefficient (Wildman–Crippen LogP) is 2.53. The third-order valence-corrected chi connectivity index (χ3v) is 3.64. The van der Waals surface area contributed by atoms with Crippen molar-refractivity contribution in [2.24, 2.45) is 0 Å². The van der Waals surface area contributed by atoms with E-state index in [2.05, 4.69) is 15.5 Å². The molecule has 1 fully saturated rings. The van der Waals surface area contributed by atoms with Crippen LogP contribution < -0.4 is 15.5 Å². The molecular weight excluding hydrogens is 278 g/mol. The topological polar surface area (TPSA) is 61.4 Å². The molecule has 22 heavy (non-hydrogen) atoms. The van der Waals surface area contributed by atoms with Gasteiger partial charge in [0.05, 0.1) is 0 Å². The summed E-state index contributed by atoms with van der Waals surface area (Å²) in [6, 6.07) is 7.87. The number of nitrogens with zero attached hydrogens (tertiary/aromatic N) is 1. The van der Waals surface area contributed by atoms with Crippen molar-refractivity contribution < 1.29 is 9.59 Å². The molecule has 1 aromatic carbocycles. The van der Waals surface area contributed by atoms with E-state index in [1.807, 2.05) is 38.1 Å². The number of hydrogen-bond donors (Lipinski definition) is 2. The van der Waals surface area contributed by atoms with E-state index in [1.54, 1.807) is 0 Å². The third kappa shape index (κ3) is 5.06. The zero-order valence-electron chi connectivity index (χ0n) is 13.4. The SMILES string of the molecule is CC(C)NC(=O)CC(=O)Nc1ccc(N2CCCCC2)cc1. The maximum absolute atomic E-state index is 11.8. The van der Waals surface area contributed by atoms with Gasteiger partial charge in [0.1, 0.15) is 6.42 Å². The summed E-state index contributed by atoms with van der Waals surface area (Å²) < 4.78 is 0. The molecule has 1 aromatic rings. The van der Waals surface area contributed by atoms with Gasteiger partial charge in [0.15, 0.2) is 0 Å². The highest BCUT2D eigenvalue weighted by Gasteiger charge is 2.12. The molecule has 0 aliphatic carbocycles. The number of amides is 2. The Bertz CT molecular complexity index is 505. The van der Waals surface area contributed by atoms with Crippen molar-refractivity contribution in [2.45, 2.75) is 45.6 Å². The average Bonchev–Trinajstić information content (AvgIpc) is 2.47. The number of anilines is 2. The molecule has 0 radical (unpaired) electrons. The van der Waals surface area contributed by atoms with Gasteiger partial charge in [-0.2, -0.15) is 0 Å². The largest absolute Gasteiger partial charge is 0.372 e. The lowest BCUT2D eigenvalue weighted by Gasteiger charge is -2.28. The Morgan fingerprint density at radius 1 is 1.05 bits per heavy atom. The van der Waals surface area contributed by atoms with Gasteiger partial charge in [-0.25, -0.2) is 0 Å². The van der Waals surface area contributed by atoms with E-state index in [-0.39, 0.29) is 24.3 Å². The highest BCUT2D eigenvalue weighted by Crippen LogP contribution is 2.21. The Morgan fingerprint density at radius 3 is 2.27 bits per heavy atom. The highest BCUT2D eigenvalue weighted by molar-refractivity contribution is 6.03. The molecule has 1 saturated heterocycles. The van der Waals surface area contributed by atoms with E-state index in [9.17, 15) is 9.59 Å². The normalized spacial score (nSPS) is 14.8. The number of carbonyl (C=O) groups excluding carboxylic acids is 2. The monoisotopic (exact) mass is 303 g/mol. The van der Waals surface area contributed by atoms with Crippen LogP contribution in [-0.2, 0) is 9.59 Å². The Hall–Kier alpha value is -2.04. The summed E-state index contributed by atoms with van der Waals surface area (Å²) in [5.41, 5.74) is 1.92. The number of nitrogens with one attached hydrogen (secondary N) is 2. The van der Waals surface area contributed by atoms with Gasteiger partial charge >= 0.3 is 0 Å². The van der Waals surface area contributed by atoms with Crippen molar-refractivity contribution in [3.8, 4) is 0 Å². The molecule has 2 N–H and O–H groups in total. The Morgan fingerprint density at radius 2 is 1.68 bits per heavy atom. The molecule has 0 saturated carbocycles. The van der Waals surface area contributed by atoms with Crippen molar-refractivity contribution in [1.29, 1.82) is 0 Å². The molecule has 1 heterocycles. The van der Waals surface area contributed by atoms with Crippen LogP contribution in [0.3, 0.4) is 0 Å². The van der Waals surface area contributed by atoms with Gasteiger partial charge in [-0.05, 0) is 57.4 Å². The maximum Gasteiger partial charge on any atom is 0.233 e. The minimum absolute atomic E-state index is 0.0455. The molecular formula is C17H25N3O2. The van der Waals surface area contributed by atoms with Crippen molar-refractivity contribution >= 4 is 23.2 Å². The fourth-order valence-electron chi connectivity index (χ4n) is 2.63. The van der Waals surface area contributed by atoms with Crippen LogP contribution in [0, 0.1) is 0 Å². The lowest BCUT2D eigenvalue weighted by atomic mass is 10.1. The summed E-state index contributed by atoms with van der Waals surface area (Å²) in [6.07, 6.45) is 3.64. The van der Waals surface area contributed by atoms with Gasteiger partial charge in [-0.15, -0.1) is 0 Å². The summed E-state index contributed by atoms with van der Waals surface area (Å²) in [4.78, 5) is 25.7. The highest BCUT2D eigenvalue weighted by atomic mass is 16.2. The predicted molar refractivity (Wildman–Crippen MR) is 89.0 cm³/mol. The molecule has 0 atom stereocenters. The molecule has 1 aliphatic rings. The fraction of sp³-hybridized carbons (Fsp3) is 0.529. The maximum atomic E-state index is 11.8. The van der Waals surface area contributed by atoms with Gasteiger partial charge in [0.2, 0.25) is 11.8 Å². The molecule has 120 valence electrons. The standard InChI is InChI=1S/C17H25N3O2/c1-13(2)18-16(21)12-17(22)19-14-6-8-15(9-7-14)20-10-4-3-5-11-20/h6-9,13H,3-5,10-12H2,1-2H3,(H,18,21)(H,19,22). The lowest BCUT2D eigenvalue weighted by molar-refractivity contribution is -0.127. The second-order valence-corrected chi connectivity index (χ2v) is 6.04. The summed E-state index contributed by atoms with van der Waals surface area (Å²) in [6.45, 7) is 5.94. The summed E-state index contributed by atoms with van der Waals surface area (Å²) >= 11 is 0. The van der Waals surface area contributed by atoms with Gasteiger partial charge in [0.25, 0.3) is 0 Å². The van der Waals surface area contributed by atoms with Crippen LogP contribution in [0.5, 0.6) is 0 Å². The molecule has 5 nitrogen and oxygen atoms in total. The van der Waals surface area contributed by atoms with Crippen LogP contribution in [0.4, 0.5) is 11.4 Å². The third-order valence-electron chi connectivity index (χ3n) is 3.64. The summed E-state index contributed by atoms with van der Waals surface area (Å²) in [7, 11) is 0. The summed E-state index contributed by atoms with van der Waals surface area (Å²) in [5.74, 6) is -0.540. The van der Waals surface area contributed by atoms with Crippen LogP contribution in [0.2, 0.25) is 0 Å². The first-order chi connectivity index (χ1) is 10.5. The lowest BCUT2D eigenvalue weighted by Crippen LogP contribution is -2.33. The molecule has 5 heteroatoms. The number of piperidine rings is 1. The number of rotatable bonds is 5. The zero-order chi connectivity index (χ0) is 15.9. The second kappa shape index (κ2) is 7.82. The van der Waals surface area contributed by atoms with Gasteiger partial charge in [0, 0.05) is 30.5 Å². The molecule has 0 unspecified atom stereocenters. The van der Waals surface area contributed by atoms with E-state index in [0.29, 0.717) is 0 Å². The van der Waals surface area contributed by atoms with Gasteiger partial charge in [-0.1, -0.05) is 0 Å². The van der Waals surface area contributed by atoms with E-state index >= 15 is 0 Å². The van der Waals surface area contributed by atoms with E-state index in [4.69, 9.17) is 0 Å². The number of carbonyl (C=O) groups is 2. The first-order valence-electron chi connectivity index (χ1n) is 7.99. The Labute approximate surface area is 132 Å². The van der Waals surface area contributed by atoms with E-state index < -0.39 is 0 Å². The smallest absolute Gasteiger partial charge is 0.233 e. The number of benzene rings is 1. The quantitative estimate of drug-likeness (QED) is 0.822. The molecule has 2 amide bonds. The second-order valence-electron chi connectivity index (χ2n) is 6.04. The number of hydrogen-bond acceptors (Lipinski definition) is 3. The molecule has 1 aliphatic heterocycles. The minimum Gasteiger partial charge on any atom is -0.372 e. The van der Waals surface area contributed by atoms with Crippen molar-refractivity contribution in [2.75, 3.05) is 23.3 Å². The first-order valence-corrected chi connectivity index (χ1v) is 7.99. The molecule has 2 rings (SSSR count). The fourth-order valence-corrected chi connectivity index (χ4v) is 2.63. The average molecular weight is 303 g/mol. The first kappa shape index (κ1) is 16.3. The zero-order valence-corrected chi connectivity index (χ0v) is 13.4. The van der Waals surface area contributed by atoms with E-state index in [1.165, 1.54) is 24.9 Å². The van der Waals surface area contributed by atoms with E-state index in [0.717, 1.165) is 18.8 Å². The molecule has 0 aromatic heterocycles. The van der Waals surface area contributed by atoms with Crippen LogP contribution >= 0.6 is 0 Å². The van der Waals surface area contributed by atoms with Crippen LogP contribution in [-0.4, -0.2) is 30.9 Å². The van der Waals surface area contributed by atoms with Gasteiger partial charge < -0.3 is 15.5 Å². The molecule has 0 bridgehead atoms. The van der Waals surface area contributed by atoms with Gasteiger partial charge in [-0.3, -0.25) is 9.59 Å². The Kier molecular flexibility index (Phi) is 5.81. The summed E-state index contributed by atoms with van der Waals surface area (Å²) in [5, 5.41) is 5.46. The van der Waals surface area contributed by atoms with Crippen molar-refractivity contribution in [1.82, 2.24) is 5.32 Å². The van der Waals surface area contributed by atoms with Crippen LogP contribution in [0.25, 0.3) is 0 Å². The van der Waals surface area contributed by atoms with Crippen LogP contribution in [0.15, 0.2) is 24.3 Å². The van der Waals surface area contributed by atoms with Crippen molar-refractivity contribution in [3.63, 3.8) is 0 Å². The Balaban J connectivity index is 1.85. The minimum atomic E-state index is -0.288.